The molecule has 1 aliphatic rings. The second kappa shape index (κ2) is 5.61. The highest BCUT2D eigenvalue weighted by Crippen LogP contribution is 2.39. The van der Waals surface area contributed by atoms with Crippen LogP contribution < -0.4 is 4.74 Å². The van der Waals surface area contributed by atoms with Crippen molar-refractivity contribution in [2.24, 2.45) is 5.41 Å². The number of benzene rings is 1. The van der Waals surface area contributed by atoms with E-state index in [1.54, 1.807) is 13.0 Å². The highest BCUT2D eigenvalue weighted by molar-refractivity contribution is 6.18. The molecule has 0 aromatic heterocycles. The minimum absolute atomic E-state index is 0.0382. The molecule has 124 valence electrons. The van der Waals surface area contributed by atoms with Gasteiger partial charge in [0, 0.05) is 12.3 Å². The van der Waals surface area contributed by atoms with Gasteiger partial charge in [-0.2, -0.15) is 0 Å². The van der Waals surface area contributed by atoms with Crippen molar-refractivity contribution in [2.75, 3.05) is 7.11 Å². The van der Waals surface area contributed by atoms with Gasteiger partial charge in [-0.1, -0.05) is 26.8 Å². The molecule has 0 spiro atoms. The van der Waals surface area contributed by atoms with Gasteiger partial charge in [-0.05, 0) is 23.8 Å². The molecule has 1 aliphatic heterocycles. The van der Waals surface area contributed by atoms with E-state index in [0.29, 0.717) is 5.56 Å². The van der Waals surface area contributed by atoms with Crippen LogP contribution in [0.15, 0.2) is 23.8 Å². The first-order valence-corrected chi connectivity index (χ1v) is 7.13. The van der Waals surface area contributed by atoms with E-state index < -0.39 is 23.1 Å². The quantitative estimate of drug-likeness (QED) is 0.512. The van der Waals surface area contributed by atoms with Gasteiger partial charge in [0.25, 0.3) is 5.79 Å². The Hall–Kier alpha value is -2.50. The van der Waals surface area contributed by atoms with Gasteiger partial charge in [-0.3, -0.25) is 0 Å². The lowest BCUT2D eigenvalue weighted by Crippen LogP contribution is -2.52. The molecule has 0 saturated carbocycles. The number of carbonyl (C=O) groups excluding carboxylic acids is 2. The largest absolute Gasteiger partial charge is 0.504 e. The summed E-state index contributed by atoms with van der Waals surface area (Å²) in [5, 5.41) is 9.57. The lowest BCUT2D eigenvalue weighted by Gasteiger charge is -2.42. The number of phenols is 1. The third-order valence-electron chi connectivity index (χ3n) is 3.89. The Morgan fingerprint density at radius 3 is 2.22 bits per heavy atom. The van der Waals surface area contributed by atoms with E-state index in [9.17, 15) is 14.7 Å². The monoisotopic (exact) mass is 320 g/mol. The van der Waals surface area contributed by atoms with Crippen molar-refractivity contribution in [3.63, 3.8) is 0 Å². The Morgan fingerprint density at radius 1 is 1.17 bits per heavy atom. The number of aromatic hydroxyl groups is 1. The summed E-state index contributed by atoms with van der Waals surface area (Å²) in [6, 6.07) is 4.45. The molecule has 6 heteroatoms. The molecule has 0 unspecified atom stereocenters. The molecule has 1 saturated heterocycles. The topological polar surface area (TPSA) is 82.1 Å². The molecule has 1 aromatic carbocycles. The maximum Gasteiger partial charge on any atom is 0.348 e. The van der Waals surface area contributed by atoms with Crippen LogP contribution in [0.5, 0.6) is 11.5 Å². The predicted molar refractivity (Wildman–Crippen MR) is 82.7 cm³/mol. The smallest absolute Gasteiger partial charge is 0.348 e. The van der Waals surface area contributed by atoms with E-state index in [-0.39, 0.29) is 17.1 Å². The summed E-state index contributed by atoms with van der Waals surface area (Å²) in [6.07, 6.45) is 1.34. The summed E-state index contributed by atoms with van der Waals surface area (Å²) >= 11 is 0. The summed E-state index contributed by atoms with van der Waals surface area (Å²) in [6.45, 7) is 7.00. The number of esters is 2. The molecule has 0 aliphatic carbocycles. The average molecular weight is 320 g/mol. The molecule has 1 N–H and O–H groups in total. The minimum Gasteiger partial charge on any atom is -0.504 e. The molecule has 23 heavy (non-hydrogen) atoms. The molecule has 1 fully saturated rings. The highest BCUT2D eigenvalue weighted by Gasteiger charge is 2.50. The number of hydrogen-bond donors (Lipinski definition) is 1. The normalized spacial score (nSPS) is 21.5. The molecule has 1 heterocycles. The van der Waals surface area contributed by atoms with Crippen LogP contribution in [0.3, 0.4) is 0 Å². The van der Waals surface area contributed by atoms with E-state index in [4.69, 9.17) is 14.2 Å². The maximum atomic E-state index is 12.2. The summed E-state index contributed by atoms with van der Waals surface area (Å²) in [5.74, 6) is -2.62. The van der Waals surface area contributed by atoms with Crippen molar-refractivity contribution in [1.29, 1.82) is 0 Å². The first kappa shape index (κ1) is 16.9. The Balaban J connectivity index is 2.35. The number of rotatable bonds is 2. The first-order chi connectivity index (χ1) is 10.6. The van der Waals surface area contributed by atoms with E-state index >= 15 is 0 Å². The van der Waals surface area contributed by atoms with Gasteiger partial charge in [-0.25, -0.2) is 9.59 Å². The van der Waals surface area contributed by atoms with Gasteiger partial charge in [0.2, 0.25) is 0 Å². The third-order valence-corrected chi connectivity index (χ3v) is 3.89. The number of ether oxygens (including phenoxy) is 3. The summed E-state index contributed by atoms with van der Waals surface area (Å²) in [4.78, 5) is 24.4. The fraction of sp³-hybridized carbons (Fsp3) is 0.412. The van der Waals surface area contributed by atoms with Crippen molar-refractivity contribution in [3.8, 4) is 11.5 Å². The van der Waals surface area contributed by atoms with Crippen LogP contribution in [0, 0.1) is 5.41 Å². The average Bonchev–Trinajstić information content (AvgIpc) is 2.43. The number of methoxy groups -OCH3 is 1. The second-order valence-corrected chi connectivity index (χ2v) is 6.46. The Bertz CT molecular complexity index is 661. The van der Waals surface area contributed by atoms with Gasteiger partial charge in [0.1, 0.15) is 5.57 Å². The van der Waals surface area contributed by atoms with Gasteiger partial charge >= 0.3 is 11.9 Å². The van der Waals surface area contributed by atoms with Gasteiger partial charge in [-0.15, -0.1) is 0 Å². The van der Waals surface area contributed by atoms with Crippen molar-refractivity contribution < 1.29 is 28.9 Å². The van der Waals surface area contributed by atoms with Crippen molar-refractivity contribution in [2.45, 2.75) is 33.5 Å². The summed E-state index contributed by atoms with van der Waals surface area (Å²) in [5.41, 5.74) is -0.270. The fourth-order valence-electron chi connectivity index (χ4n) is 1.94. The molecular formula is C17H20O6. The Kier molecular flexibility index (Phi) is 4.11. The molecule has 1 aromatic rings. The highest BCUT2D eigenvalue weighted by atomic mass is 16.7. The zero-order valence-electron chi connectivity index (χ0n) is 13.8. The zero-order chi connectivity index (χ0) is 17.4. The van der Waals surface area contributed by atoms with Crippen LogP contribution in [-0.2, 0) is 19.1 Å². The van der Waals surface area contributed by atoms with E-state index in [1.807, 2.05) is 20.8 Å². The Labute approximate surface area is 134 Å². The maximum absolute atomic E-state index is 12.2. The minimum atomic E-state index is -1.33. The van der Waals surface area contributed by atoms with Crippen LogP contribution in [-0.4, -0.2) is 29.9 Å². The van der Waals surface area contributed by atoms with Crippen molar-refractivity contribution in [3.05, 3.63) is 29.3 Å². The Morgan fingerprint density at radius 2 is 1.74 bits per heavy atom. The predicted octanol–water partition coefficient (Wildman–Crippen LogP) is 2.65. The van der Waals surface area contributed by atoms with Crippen LogP contribution in [0.4, 0.5) is 0 Å². The fourth-order valence-corrected chi connectivity index (χ4v) is 1.94. The summed E-state index contributed by atoms with van der Waals surface area (Å²) < 4.78 is 15.7. The molecule has 2 rings (SSSR count). The standard InChI is InChI=1S/C17H20O6/c1-16(2,3)17(4)22-14(19)11(15(20)23-17)8-10-6-7-12(18)13(9-10)21-5/h6-9,18H,1-5H3. The number of phenolic OH excluding ortho intramolecular Hbond substituents is 1. The first-order valence-electron chi connectivity index (χ1n) is 7.13. The van der Waals surface area contributed by atoms with E-state index in [1.165, 1.54) is 25.3 Å². The van der Waals surface area contributed by atoms with Gasteiger partial charge < -0.3 is 19.3 Å². The van der Waals surface area contributed by atoms with Crippen molar-refractivity contribution >= 4 is 18.0 Å². The lowest BCUT2D eigenvalue weighted by molar-refractivity contribution is -0.261. The summed E-state index contributed by atoms with van der Waals surface area (Å²) in [7, 11) is 1.41. The third kappa shape index (κ3) is 3.16. The molecule has 0 amide bonds. The lowest BCUT2D eigenvalue weighted by atomic mass is 9.85. The van der Waals surface area contributed by atoms with Gasteiger partial charge in [0.05, 0.1) is 7.11 Å². The number of carbonyl (C=O) groups is 2. The molecule has 0 radical (unpaired) electrons. The molecular weight excluding hydrogens is 300 g/mol. The van der Waals surface area contributed by atoms with Crippen LogP contribution in [0.2, 0.25) is 0 Å². The van der Waals surface area contributed by atoms with Crippen molar-refractivity contribution in [1.82, 2.24) is 0 Å². The van der Waals surface area contributed by atoms with Crippen LogP contribution in [0.1, 0.15) is 33.3 Å². The van der Waals surface area contributed by atoms with Crippen LogP contribution in [0.25, 0.3) is 6.08 Å². The van der Waals surface area contributed by atoms with E-state index in [2.05, 4.69) is 0 Å². The zero-order valence-corrected chi connectivity index (χ0v) is 13.8. The number of hydrogen-bond acceptors (Lipinski definition) is 6. The molecule has 0 bridgehead atoms. The van der Waals surface area contributed by atoms with Crippen LogP contribution >= 0.6 is 0 Å². The second-order valence-electron chi connectivity index (χ2n) is 6.46. The van der Waals surface area contributed by atoms with Gasteiger partial charge in [0.15, 0.2) is 11.5 Å². The number of cyclic esters (lactones) is 2. The van der Waals surface area contributed by atoms with E-state index in [0.717, 1.165) is 0 Å². The molecule has 0 atom stereocenters. The SMILES string of the molecule is COc1cc(C=C2C(=O)OC(C)(C(C)(C)C)OC2=O)ccc1O. The molecule has 6 nitrogen and oxygen atoms in total.